The van der Waals surface area contributed by atoms with E-state index >= 15 is 0 Å². The molecule has 9 nitrogen and oxygen atoms in total. The van der Waals surface area contributed by atoms with E-state index in [1.54, 1.807) is 6.92 Å². The standard InChI is InChI=1S/C21H23FN4O5S/c1-3-12-32(30,31)25-17-10-8-16(9-11-17)23-18(27)13-26-19(28)21(2,24-20(26)29)14-4-6-15(22)7-5-14/h4-11,25H,3,12-13H2,1-2H3,(H,23,27)(H,24,29). The summed E-state index contributed by atoms with van der Waals surface area (Å²) >= 11 is 0. The molecule has 170 valence electrons. The van der Waals surface area contributed by atoms with E-state index in [9.17, 15) is 27.2 Å². The average molecular weight is 463 g/mol. The van der Waals surface area contributed by atoms with E-state index in [1.165, 1.54) is 55.5 Å². The third kappa shape index (κ3) is 5.05. The summed E-state index contributed by atoms with van der Waals surface area (Å²) in [6.07, 6.45) is 0.479. The minimum Gasteiger partial charge on any atom is -0.325 e. The molecule has 1 aliphatic rings. The molecule has 0 radical (unpaired) electrons. The molecule has 32 heavy (non-hydrogen) atoms. The lowest BCUT2D eigenvalue weighted by molar-refractivity contribution is -0.133. The van der Waals surface area contributed by atoms with Crippen LogP contribution in [-0.2, 0) is 25.2 Å². The topological polar surface area (TPSA) is 125 Å². The number of hydrogen-bond donors (Lipinski definition) is 3. The van der Waals surface area contributed by atoms with E-state index in [2.05, 4.69) is 15.4 Å². The number of nitrogens with zero attached hydrogens (tertiary/aromatic N) is 1. The molecular weight excluding hydrogens is 439 g/mol. The Hall–Kier alpha value is -3.47. The third-order valence-electron chi connectivity index (χ3n) is 4.91. The van der Waals surface area contributed by atoms with E-state index in [4.69, 9.17) is 0 Å². The molecule has 0 spiro atoms. The van der Waals surface area contributed by atoms with Gasteiger partial charge in [-0.05, 0) is 55.3 Å². The number of imide groups is 1. The smallest absolute Gasteiger partial charge is 0.325 e. The number of nitrogens with one attached hydrogen (secondary N) is 3. The van der Waals surface area contributed by atoms with Crippen LogP contribution in [0.15, 0.2) is 48.5 Å². The molecule has 0 bridgehead atoms. The van der Waals surface area contributed by atoms with Crippen LogP contribution in [0, 0.1) is 5.82 Å². The number of sulfonamides is 1. The SMILES string of the molecule is CCCS(=O)(=O)Nc1ccc(NC(=O)CN2C(=O)NC(C)(c3ccc(F)cc3)C2=O)cc1. The summed E-state index contributed by atoms with van der Waals surface area (Å²) in [7, 11) is -3.43. The first-order valence-corrected chi connectivity index (χ1v) is 11.5. The largest absolute Gasteiger partial charge is 0.325 e. The van der Waals surface area contributed by atoms with Crippen LogP contribution in [0.2, 0.25) is 0 Å². The summed E-state index contributed by atoms with van der Waals surface area (Å²) in [5.41, 5.74) is -0.314. The molecule has 4 amide bonds. The number of benzene rings is 2. The predicted molar refractivity (Wildman–Crippen MR) is 117 cm³/mol. The quantitative estimate of drug-likeness (QED) is 0.520. The highest BCUT2D eigenvalue weighted by molar-refractivity contribution is 7.92. The molecule has 3 N–H and O–H groups in total. The van der Waals surface area contributed by atoms with Gasteiger partial charge in [-0.1, -0.05) is 19.1 Å². The van der Waals surface area contributed by atoms with Crippen molar-refractivity contribution in [2.24, 2.45) is 0 Å². The molecule has 1 heterocycles. The van der Waals surface area contributed by atoms with Gasteiger partial charge in [0.05, 0.1) is 5.75 Å². The van der Waals surface area contributed by atoms with E-state index in [0.717, 1.165) is 4.90 Å². The second-order valence-electron chi connectivity index (χ2n) is 7.50. The summed E-state index contributed by atoms with van der Waals surface area (Å²) in [4.78, 5) is 38.4. The van der Waals surface area contributed by atoms with Crippen molar-refractivity contribution in [2.45, 2.75) is 25.8 Å². The lowest BCUT2D eigenvalue weighted by atomic mass is 9.92. The van der Waals surface area contributed by atoms with Crippen molar-refractivity contribution >= 4 is 39.2 Å². The monoisotopic (exact) mass is 462 g/mol. The van der Waals surface area contributed by atoms with Crippen LogP contribution in [0.1, 0.15) is 25.8 Å². The first kappa shape index (κ1) is 23.2. The molecule has 1 fully saturated rings. The maximum Gasteiger partial charge on any atom is 0.325 e. The Labute approximate surface area is 185 Å². The first-order valence-electron chi connectivity index (χ1n) is 9.84. The number of halogens is 1. The number of carbonyl (C=O) groups is 3. The number of hydrogen-bond acceptors (Lipinski definition) is 5. The third-order valence-corrected chi connectivity index (χ3v) is 6.41. The molecule has 0 saturated carbocycles. The van der Waals surface area contributed by atoms with E-state index in [0.29, 0.717) is 23.4 Å². The highest BCUT2D eigenvalue weighted by Crippen LogP contribution is 2.29. The maximum atomic E-state index is 13.2. The van der Waals surface area contributed by atoms with Crippen molar-refractivity contribution in [1.82, 2.24) is 10.2 Å². The van der Waals surface area contributed by atoms with Gasteiger partial charge in [0.15, 0.2) is 0 Å². The molecular formula is C21H23FN4O5S. The van der Waals surface area contributed by atoms with Crippen molar-refractivity contribution in [1.29, 1.82) is 0 Å². The van der Waals surface area contributed by atoms with Gasteiger partial charge in [0, 0.05) is 11.4 Å². The summed E-state index contributed by atoms with van der Waals surface area (Å²) in [6, 6.07) is 10.4. The van der Waals surface area contributed by atoms with Crippen LogP contribution < -0.4 is 15.4 Å². The molecule has 0 aliphatic carbocycles. The van der Waals surface area contributed by atoms with Gasteiger partial charge >= 0.3 is 6.03 Å². The summed E-state index contributed by atoms with van der Waals surface area (Å²) < 4.78 is 39.3. The Bertz CT molecular complexity index is 1140. The van der Waals surface area contributed by atoms with Gasteiger partial charge in [0.2, 0.25) is 15.9 Å². The molecule has 1 unspecified atom stereocenters. The number of anilines is 2. The zero-order valence-electron chi connectivity index (χ0n) is 17.5. The molecule has 0 aromatic heterocycles. The zero-order chi connectivity index (χ0) is 23.5. The molecule has 1 aliphatic heterocycles. The normalized spacial score (nSPS) is 18.4. The summed E-state index contributed by atoms with van der Waals surface area (Å²) in [6.45, 7) is 2.72. The molecule has 11 heteroatoms. The number of carbonyl (C=O) groups excluding carboxylic acids is 3. The second kappa shape index (κ2) is 8.95. The number of rotatable bonds is 8. The van der Waals surface area contributed by atoms with Gasteiger partial charge in [0.25, 0.3) is 5.91 Å². The van der Waals surface area contributed by atoms with Crippen LogP contribution >= 0.6 is 0 Å². The summed E-state index contributed by atoms with van der Waals surface area (Å²) in [5.74, 6) is -1.73. The van der Waals surface area contributed by atoms with Crippen molar-refractivity contribution in [3.05, 3.63) is 59.9 Å². The average Bonchev–Trinajstić information content (AvgIpc) is 2.93. The Morgan fingerprint density at radius 3 is 2.25 bits per heavy atom. The Kier molecular flexibility index (Phi) is 6.49. The van der Waals surface area contributed by atoms with Crippen molar-refractivity contribution < 1.29 is 27.2 Å². The first-order chi connectivity index (χ1) is 15.0. The fourth-order valence-corrected chi connectivity index (χ4v) is 4.42. The maximum absolute atomic E-state index is 13.2. The van der Waals surface area contributed by atoms with E-state index in [1.807, 2.05) is 0 Å². The molecule has 2 aromatic carbocycles. The molecule has 1 atom stereocenters. The van der Waals surface area contributed by atoms with Crippen LogP contribution in [0.3, 0.4) is 0 Å². The van der Waals surface area contributed by atoms with Crippen LogP contribution in [0.5, 0.6) is 0 Å². The molecule has 1 saturated heterocycles. The molecule has 2 aromatic rings. The van der Waals surface area contributed by atoms with Gasteiger partial charge in [-0.25, -0.2) is 17.6 Å². The van der Waals surface area contributed by atoms with Crippen molar-refractivity contribution in [3.63, 3.8) is 0 Å². The van der Waals surface area contributed by atoms with E-state index in [-0.39, 0.29) is 5.75 Å². The van der Waals surface area contributed by atoms with Gasteiger partial charge in [-0.2, -0.15) is 0 Å². The second-order valence-corrected chi connectivity index (χ2v) is 9.34. The Morgan fingerprint density at radius 1 is 1.06 bits per heavy atom. The fourth-order valence-electron chi connectivity index (χ4n) is 3.28. The van der Waals surface area contributed by atoms with Crippen LogP contribution in [0.25, 0.3) is 0 Å². The fraction of sp³-hybridized carbons (Fsp3) is 0.286. The number of urea groups is 1. The Balaban J connectivity index is 1.64. The molecule has 3 rings (SSSR count). The van der Waals surface area contributed by atoms with Crippen molar-refractivity contribution in [2.75, 3.05) is 22.3 Å². The van der Waals surface area contributed by atoms with Gasteiger partial charge in [-0.15, -0.1) is 0 Å². The van der Waals surface area contributed by atoms with Crippen LogP contribution in [0.4, 0.5) is 20.6 Å². The van der Waals surface area contributed by atoms with Gasteiger partial charge in [0.1, 0.15) is 17.9 Å². The zero-order valence-corrected chi connectivity index (χ0v) is 18.3. The minimum atomic E-state index is -3.43. The van der Waals surface area contributed by atoms with Crippen LogP contribution in [-0.4, -0.2) is 43.5 Å². The Morgan fingerprint density at radius 2 is 1.66 bits per heavy atom. The summed E-state index contributed by atoms with van der Waals surface area (Å²) in [5, 5.41) is 5.10. The highest BCUT2D eigenvalue weighted by Gasteiger charge is 2.49. The van der Waals surface area contributed by atoms with Crippen molar-refractivity contribution in [3.8, 4) is 0 Å². The van der Waals surface area contributed by atoms with Gasteiger partial charge in [-0.3, -0.25) is 19.2 Å². The minimum absolute atomic E-state index is 0.00570. The lowest BCUT2D eigenvalue weighted by Crippen LogP contribution is -2.42. The predicted octanol–water partition coefficient (Wildman–Crippen LogP) is 2.38. The lowest BCUT2D eigenvalue weighted by Gasteiger charge is -2.22. The highest BCUT2D eigenvalue weighted by atomic mass is 32.2. The number of amides is 4. The van der Waals surface area contributed by atoms with E-state index < -0.39 is 45.8 Å². The van der Waals surface area contributed by atoms with Gasteiger partial charge < -0.3 is 10.6 Å².